The minimum atomic E-state index is -0.00360. The van der Waals surface area contributed by atoms with Crippen molar-refractivity contribution >= 4 is 22.5 Å². The largest absolute Gasteiger partial charge is 0.367 e. The third-order valence-electron chi connectivity index (χ3n) is 7.11. The summed E-state index contributed by atoms with van der Waals surface area (Å²) in [5, 5.41) is 4.32. The zero-order chi connectivity index (χ0) is 24.4. The molecule has 4 aromatic rings. The van der Waals surface area contributed by atoms with Crippen LogP contribution in [0.15, 0.2) is 66.7 Å². The van der Waals surface area contributed by atoms with Crippen LogP contribution in [0.5, 0.6) is 0 Å². The Morgan fingerprint density at radius 1 is 0.943 bits per heavy atom. The van der Waals surface area contributed by atoms with Gasteiger partial charge < -0.3 is 14.8 Å². The molecule has 0 radical (unpaired) electrons. The monoisotopic (exact) mass is 467 g/mol. The van der Waals surface area contributed by atoms with Crippen molar-refractivity contribution in [1.82, 2.24) is 19.8 Å². The first-order valence-corrected chi connectivity index (χ1v) is 12.3. The molecule has 2 aromatic carbocycles. The Kier molecular flexibility index (Phi) is 6.55. The molecule has 3 heterocycles. The molecule has 1 aliphatic rings. The van der Waals surface area contributed by atoms with Gasteiger partial charge in [0.05, 0.1) is 16.8 Å². The number of aryl methyl sites for hydroxylation is 1. The second kappa shape index (κ2) is 9.92. The highest BCUT2D eigenvalue weighted by Gasteiger charge is 2.20. The molecule has 0 aliphatic carbocycles. The SMILES string of the molecule is Cc1ccc2cccc(N3CCN(CCNC(=O)c4cc(-c5ccccc5)n(C)c4C)CC3)c2n1. The van der Waals surface area contributed by atoms with Crippen LogP contribution in [0.25, 0.3) is 22.2 Å². The summed E-state index contributed by atoms with van der Waals surface area (Å²) in [7, 11) is 2.01. The van der Waals surface area contributed by atoms with Gasteiger partial charge in [0.15, 0.2) is 0 Å². The number of aromatic nitrogens is 2. The summed E-state index contributed by atoms with van der Waals surface area (Å²) in [5.41, 5.74) is 7.25. The van der Waals surface area contributed by atoms with Crippen molar-refractivity contribution in [3.8, 4) is 11.3 Å². The van der Waals surface area contributed by atoms with Crippen LogP contribution in [0.2, 0.25) is 0 Å². The first kappa shape index (κ1) is 23.1. The maximum Gasteiger partial charge on any atom is 0.253 e. The molecule has 0 bridgehead atoms. The Hall–Kier alpha value is -3.64. The number of fused-ring (bicyclic) bond motifs is 1. The summed E-state index contributed by atoms with van der Waals surface area (Å²) >= 11 is 0. The van der Waals surface area contributed by atoms with E-state index in [1.54, 1.807) is 0 Å². The molecule has 0 spiro atoms. The van der Waals surface area contributed by atoms with Crippen LogP contribution in [-0.2, 0) is 7.05 Å². The second-order valence-corrected chi connectivity index (χ2v) is 9.34. The van der Waals surface area contributed by atoms with Gasteiger partial charge in [-0.25, -0.2) is 0 Å². The molecule has 6 nitrogen and oxygen atoms in total. The van der Waals surface area contributed by atoms with Gasteiger partial charge in [-0.05, 0) is 37.6 Å². The maximum atomic E-state index is 12.9. The van der Waals surface area contributed by atoms with E-state index in [0.29, 0.717) is 6.54 Å². The summed E-state index contributed by atoms with van der Waals surface area (Å²) in [6, 6.07) is 22.8. The highest BCUT2D eigenvalue weighted by Crippen LogP contribution is 2.27. The molecule has 1 fully saturated rings. The minimum absolute atomic E-state index is 0.00360. The summed E-state index contributed by atoms with van der Waals surface area (Å²) in [4.78, 5) is 22.6. The van der Waals surface area contributed by atoms with Gasteiger partial charge in [0.1, 0.15) is 0 Å². The predicted molar refractivity (Wildman–Crippen MR) is 143 cm³/mol. The lowest BCUT2D eigenvalue weighted by Crippen LogP contribution is -2.48. The third-order valence-corrected chi connectivity index (χ3v) is 7.11. The number of pyridine rings is 1. The first-order chi connectivity index (χ1) is 17.0. The van der Waals surface area contributed by atoms with E-state index in [-0.39, 0.29) is 5.91 Å². The van der Waals surface area contributed by atoms with E-state index in [9.17, 15) is 4.79 Å². The summed E-state index contributed by atoms with van der Waals surface area (Å²) in [6.07, 6.45) is 0. The number of nitrogens with one attached hydrogen (secondary N) is 1. The van der Waals surface area contributed by atoms with Crippen LogP contribution in [0.3, 0.4) is 0 Å². The summed E-state index contributed by atoms with van der Waals surface area (Å²) in [6.45, 7) is 9.40. The molecule has 6 heteroatoms. The molecular weight excluding hydrogens is 434 g/mol. The molecule has 180 valence electrons. The summed E-state index contributed by atoms with van der Waals surface area (Å²) < 4.78 is 2.09. The van der Waals surface area contributed by atoms with Gasteiger partial charge in [0.25, 0.3) is 5.91 Å². The maximum absolute atomic E-state index is 12.9. The van der Waals surface area contributed by atoms with Crippen LogP contribution >= 0.6 is 0 Å². The molecule has 1 saturated heterocycles. The van der Waals surface area contributed by atoms with Gasteiger partial charge in [-0.2, -0.15) is 0 Å². The number of hydrogen-bond acceptors (Lipinski definition) is 4. The highest BCUT2D eigenvalue weighted by atomic mass is 16.1. The van der Waals surface area contributed by atoms with E-state index in [2.05, 4.69) is 62.1 Å². The van der Waals surface area contributed by atoms with Crippen LogP contribution in [0.1, 0.15) is 21.7 Å². The smallest absolute Gasteiger partial charge is 0.253 e. The van der Waals surface area contributed by atoms with Crippen LogP contribution < -0.4 is 10.2 Å². The molecule has 1 aliphatic heterocycles. The van der Waals surface area contributed by atoms with E-state index in [0.717, 1.165) is 66.4 Å². The van der Waals surface area contributed by atoms with E-state index in [4.69, 9.17) is 4.98 Å². The van der Waals surface area contributed by atoms with Gasteiger partial charge in [0, 0.05) is 68.8 Å². The van der Waals surface area contributed by atoms with E-state index >= 15 is 0 Å². The Morgan fingerprint density at radius 2 is 1.71 bits per heavy atom. The lowest BCUT2D eigenvalue weighted by atomic mass is 10.1. The van der Waals surface area contributed by atoms with Crippen molar-refractivity contribution in [3.63, 3.8) is 0 Å². The van der Waals surface area contributed by atoms with Crippen molar-refractivity contribution in [2.24, 2.45) is 7.05 Å². The van der Waals surface area contributed by atoms with Crippen LogP contribution in [-0.4, -0.2) is 59.6 Å². The fourth-order valence-electron chi connectivity index (χ4n) is 4.93. The van der Waals surface area contributed by atoms with Gasteiger partial charge in [-0.3, -0.25) is 14.7 Å². The topological polar surface area (TPSA) is 53.4 Å². The number of amides is 1. The Bertz CT molecular complexity index is 1340. The third kappa shape index (κ3) is 4.80. The number of nitrogens with zero attached hydrogens (tertiary/aromatic N) is 4. The molecule has 0 unspecified atom stereocenters. The van der Waals surface area contributed by atoms with Crippen molar-refractivity contribution in [2.75, 3.05) is 44.2 Å². The molecular formula is C29H33N5O. The first-order valence-electron chi connectivity index (χ1n) is 12.3. The molecule has 5 rings (SSSR count). The Morgan fingerprint density at radius 3 is 2.49 bits per heavy atom. The molecule has 2 aromatic heterocycles. The number of benzene rings is 2. The second-order valence-electron chi connectivity index (χ2n) is 9.34. The average molecular weight is 468 g/mol. The Labute approximate surface area is 207 Å². The number of carbonyl (C=O) groups is 1. The lowest BCUT2D eigenvalue weighted by Gasteiger charge is -2.36. The van der Waals surface area contributed by atoms with Gasteiger partial charge >= 0.3 is 0 Å². The molecule has 35 heavy (non-hydrogen) atoms. The minimum Gasteiger partial charge on any atom is -0.367 e. The zero-order valence-electron chi connectivity index (χ0n) is 20.8. The van der Waals surface area contributed by atoms with Gasteiger partial charge in [-0.15, -0.1) is 0 Å². The number of carbonyl (C=O) groups excluding carboxylic acids is 1. The molecule has 0 atom stereocenters. The number of anilines is 1. The van der Waals surface area contributed by atoms with Crippen LogP contribution in [0.4, 0.5) is 5.69 Å². The quantitative estimate of drug-likeness (QED) is 0.456. The van der Waals surface area contributed by atoms with Crippen molar-refractivity contribution in [2.45, 2.75) is 13.8 Å². The summed E-state index contributed by atoms with van der Waals surface area (Å²) in [5.74, 6) is -0.00360. The molecule has 1 N–H and O–H groups in total. The molecule has 1 amide bonds. The van der Waals surface area contributed by atoms with Gasteiger partial charge in [-0.1, -0.05) is 48.5 Å². The number of para-hydroxylation sites is 1. The van der Waals surface area contributed by atoms with Crippen molar-refractivity contribution in [1.29, 1.82) is 0 Å². The van der Waals surface area contributed by atoms with E-state index in [1.807, 2.05) is 45.2 Å². The lowest BCUT2D eigenvalue weighted by molar-refractivity contribution is 0.0947. The normalized spacial score (nSPS) is 14.4. The predicted octanol–water partition coefficient (Wildman–Crippen LogP) is 4.41. The number of hydrogen-bond donors (Lipinski definition) is 1. The number of rotatable bonds is 6. The standard InChI is InChI=1S/C29H33N5O/c1-21-12-13-24-10-7-11-26(28(24)31-21)34-18-16-33(17-19-34)15-14-30-29(35)25-20-27(32(3)22(25)2)23-8-5-4-6-9-23/h4-13,20H,14-19H2,1-3H3,(H,30,35). The van der Waals surface area contributed by atoms with E-state index < -0.39 is 0 Å². The molecule has 0 saturated carbocycles. The fourth-order valence-corrected chi connectivity index (χ4v) is 4.93. The fraction of sp³-hybridized carbons (Fsp3) is 0.310. The van der Waals surface area contributed by atoms with Crippen molar-refractivity contribution < 1.29 is 4.79 Å². The average Bonchev–Trinajstić information content (AvgIpc) is 3.19. The zero-order valence-corrected chi connectivity index (χ0v) is 20.8. The number of piperazine rings is 1. The highest BCUT2D eigenvalue weighted by molar-refractivity contribution is 5.97. The van der Waals surface area contributed by atoms with Gasteiger partial charge in [0.2, 0.25) is 0 Å². The van der Waals surface area contributed by atoms with Crippen molar-refractivity contribution in [3.05, 3.63) is 83.7 Å². The van der Waals surface area contributed by atoms with E-state index in [1.165, 1.54) is 11.1 Å². The van der Waals surface area contributed by atoms with Crippen LogP contribution in [0, 0.1) is 13.8 Å². The Balaban J connectivity index is 1.16.